The molecular formula is C13H7N3O2S. The van der Waals surface area contributed by atoms with E-state index in [0.29, 0.717) is 0 Å². The van der Waals surface area contributed by atoms with Crippen molar-refractivity contribution in [1.82, 2.24) is 9.38 Å². The molecule has 5 nitrogen and oxygen atoms in total. The van der Waals surface area contributed by atoms with E-state index in [2.05, 4.69) is 4.98 Å². The first-order valence-corrected chi connectivity index (χ1v) is 6.50. The second-order valence-corrected chi connectivity index (χ2v) is 5.24. The van der Waals surface area contributed by atoms with Crippen LogP contribution in [-0.4, -0.2) is 14.3 Å². The van der Waals surface area contributed by atoms with Crippen molar-refractivity contribution < 1.29 is 4.92 Å². The van der Waals surface area contributed by atoms with Gasteiger partial charge in [-0.25, -0.2) is 4.98 Å². The summed E-state index contributed by atoms with van der Waals surface area (Å²) in [5.74, 6) is 0. The summed E-state index contributed by atoms with van der Waals surface area (Å²) >= 11 is 1.58. The topological polar surface area (TPSA) is 60.4 Å². The highest BCUT2D eigenvalue weighted by Crippen LogP contribution is 2.31. The molecule has 0 amide bonds. The number of thiazole rings is 1. The molecule has 92 valence electrons. The Labute approximate surface area is 110 Å². The van der Waals surface area contributed by atoms with E-state index in [-0.39, 0.29) is 10.6 Å². The molecule has 0 spiro atoms. The molecular weight excluding hydrogens is 262 g/mol. The number of fused-ring (bicyclic) bond motifs is 5. The minimum absolute atomic E-state index is 0.0876. The van der Waals surface area contributed by atoms with E-state index in [1.165, 1.54) is 6.07 Å². The van der Waals surface area contributed by atoms with Crippen LogP contribution in [0.1, 0.15) is 0 Å². The van der Waals surface area contributed by atoms with Crippen molar-refractivity contribution in [3.05, 3.63) is 52.6 Å². The number of hydrogen-bond donors (Lipinski definition) is 0. The number of imidazole rings is 1. The van der Waals surface area contributed by atoms with Crippen LogP contribution in [0.5, 0.6) is 0 Å². The Balaban J connectivity index is 2.22. The third-order valence-corrected chi connectivity index (χ3v) is 4.15. The van der Waals surface area contributed by atoms with Crippen LogP contribution >= 0.6 is 11.3 Å². The predicted molar refractivity (Wildman–Crippen MR) is 74.7 cm³/mol. The fourth-order valence-electron chi connectivity index (χ4n) is 2.28. The van der Waals surface area contributed by atoms with Crippen molar-refractivity contribution in [3.8, 4) is 0 Å². The van der Waals surface area contributed by atoms with E-state index in [9.17, 15) is 10.1 Å². The summed E-state index contributed by atoms with van der Waals surface area (Å²) in [5, 5.41) is 10.9. The lowest BCUT2D eigenvalue weighted by Gasteiger charge is -1.94. The van der Waals surface area contributed by atoms with Gasteiger partial charge in [0.05, 0.1) is 26.2 Å². The van der Waals surface area contributed by atoms with Gasteiger partial charge < -0.3 is 0 Å². The van der Waals surface area contributed by atoms with Gasteiger partial charge in [-0.15, -0.1) is 0 Å². The van der Waals surface area contributed by atoms with E-state index in [1.807, 2.05) is 28.7 Å². The van der Waals surface area contributed by atoms with Gasteiger partial charge in [0.25, 0.3) is 5.69 Å². The fourth-order valence-corrected chi connectivity index (χ4v) is 3.32. The molecule has 2 heterocycles. The molecule has 4 rings (SSSR count). The molecule has 0 aliphatic rings. The summed E-state index contributed by atoms with van der Waals surface area (Å²) in [6.07, 6.45) is 0. The Kier molecular flexibility index (Phi) is 1.94. The third-order valence-electron chi connectivity index (χ3n) is 3.13. The zero-order chi connectivity index (χ0) is 13.0. The van der Waals surface area contributed by atoms with Gasteiger partial charge in [0, 0.05) is 12.1 Å². The van der Waals surface area contributed by atoms with E-state index in [1.54, 1.807) is 23.5 Å². The number of nitro groups is 1. The minimum atomic E-state index is -0.382. The van der Waals surface area contributed by atoms with E-state index < -0.39 is 0 Å². The summed E-state index contributed by atoms with van der Waals surface area (Å²) in [6.45, 7) is 0. The molecule has 0 saturated heterocycles. The van der Waals surface area contributed by atoms with Crippen molar-refractivity contribution in [2.75, 3.05) is 0 Å². The number of para-hydroxylation sites is 1. The molecule has 2 aromatic carbocycles. The van der Waals surface area contributed by atoms with Gasteiger partial charge in [-0.1, -0.05) is 23.5 Å². The van der Waals surface area contributed by atoms with Crippen LogP contribution in [0.3, 0.4) is 0 Å². The van der Waals surface area contributed by atoms with Crippen molar-refractivity contribution in [2.45, 2.75) is 0 Å². The molecule has 0 fully saturated rings. The van der Waals surface area contributed by atoms with Crippen molar-refractivity contribution in [1.29, 1.82) is 0 Å². The van der Waals surface area contributed by atoms with Gasteiger partial charge in [0.1, 0.15) is 0 Å². The molecule has 0 aliphatic heterocycles. The fraction of sp³-hybridized carbons (Fsp3) is 0. The van der Waals surface area contributed by atoms with Crippen LogP contribution in [0.15, 0.2) is 42.5 Å². The normalized spacial score (nSPS) is 11.6. The van der Waals surface area contributed by atoms with Crippen molar-refractivity contribution >= 4 is 43.2 Å². The lowest BCUT2D eigenvalue weighted by molar-refractivity contribution is -0.384. The van der Waals surface area contributed by atoms with Crippen LogP contribution in [-0.2, 0) is 0 Å². The molecule has 19 heavy (non-hydrogen) atoms. The van der Waals surface area contributed by atoms with Crippen molar-refractivity contribution in [2.24, 2.45) is 0 Å². The largest absolute Gasteiger partial charge is 0.283 e. The Bertz CT molecular complexity index is 954. The summed E-state index contributed by atoms with van der Waals surface area (Å²) in [7, 11) is 0. The standard InChI is InChI=1S/C13H7N3O2S/c17-16(18)8-5-6-9-11(7-8)15-10-3-1-2-4-12(10)19-13(15)14-9/h1-7H. The molecule has 0 atom stereocenters. The van der Waals surface area contributed by atoms with Crippen LogP contribution in [0.4, 0.5) is 5.69 Å². The number of nitro benzene ring substituents is 1. The van der Waals surface area contributed by atoms with Crippen LogP contribution in [0.2, 0.25) is 0 Å². The van der Waals surface area contributed by atoms with Crippen LogP contribution in [0, 0.1) is 10.1 Å². The maximum absolute atomic E-state index is 10.9. The van der Waals surface area contributed by atoms with Crippen molar-refractivity contribution in [3.63, 3.8) is 0 Å². The van der Waals surface area contributed by atoms with E-state index >= 15 is 0 Å². The Morgan fingerprint density at radius 3 is 2.84 bits per heavy atom. The first-order chi connectivity index (χ1) is 9.24. The second-order valence-electron chi connectivity index (χ2n) is 4.23. The van der Waals surface area contributed by atoms with Gasteiger partial charge in [-0.2, -0.15) is 0 Å². The number of non-ortho nitro benzene ring substituents is 1. The summed E-state index contributed by atoms with van der Waals surface area (Å²) in [5.41, 5.74) is 2.68. The Hall–Kier alpha value is -2.47. The quantitative estimate of drug-likeness (QED) is 0.392. The zero-order valence-electron chi connectivity index (χ0n) is 9.61. The second kappa shape index (κ2) is 3.52. The molecule has 0 N–H and O–H groups in total. The number of hydrogen-bond acceptors (Lipinski definition) is 4. The Morgan fingerprint density at radius 1 is 1.16 bits per heavy atom. The summed E-state index contributed by atoms with van der Waals surface area (Å²) in [4.78, 5) is 15.9. The zero-order valence-corrected chi connectivity index (χ0v) is 10.4. The molecule has 0 saturated carbocycles. The number of benzene rings is 2. The highest BCUT2D eigenvalue weighted by atomic mass is 32.1. The van der Waals surface area contributed by atoms with E-state index in [0.717, 1.165) is 26.2 Å². The number of nitrogens with zero attached hydrogens (tertiary/aromatic N) is 3. The first-order valence-electron chi connectivity index (χ1n) is 5.68. The molecule has 2 aromatic heterocycles. The van der Waals surface area contributed by atoms with Gasteiger partial charge in [-0.3, -0.25) is 14.5 Å². The summed E-state index contributed by atoms with van der Waals surface area (Å²) in [6, 6.07) is 12.7. The molecule has 0 bridgehead atoms. The van der Waals surface area contributed by atoms with Gasteiger partial charge in [0.15, 0.2) is 4.96 Å². The number of aromatic nitrogens is 2. The smallest absolute Gasteiger partial charge is 0.271 e. The van der Waals surface area contributed by atoms with Gasteiger partial charge >= 0.3 is 0 Å². The van der Waals surface area contributed by atoms with Gasteiger partial charge in [0.2, 0.25) is 0 Å². The first kappa shape index (κ1) is 10.5. The maximum atomic E-state index is 10.9. The molecule has 0 aliphatic carbocycles. The average Bonchev–Trinajstić information content (AvgIpc) is 2.92. The monoisotopic (exact) mass is 269 g/mol. The highest BCUT2D eigenvalue weighted by Gasteiger charge is 2.14. The van der Waals surface area contributed by atoms with Crippen LogP contribution in [0.25, 0.3) is 26.2 Å². The number of rotatable bonds is 1. The lowest BCUT2D eigenvalue weighted by Crippen LogP contribution is -1.88. The predicted octanol–water partition coefficient (Wildman–Crippen LogP) is 3.61. The molecule has 4 aromatic rings. The molecule has 0 unspecified atom stereocenters. The van der Waals surface area contributed by atoms with Gasteiger partial charge in [-0.05, 0) is 18.2 Å². The molecule has 6 heteroatoms. The maximum Gasteiger partial charge on any atom is 0.271 e. The van der Waals surface area contributed by atoms with E-state index in [4.69, 9.17) is 0 Å². The minimum Gasteiger partial charge on any atom is -0.283 e. The highest BCUT2D eigenvalue weighted by molar-refractivity contribution is 7.23. The van der Waals surface area contributed by atoms with Crippen LogP contribution < -0.4 is 0 Å². The average molecular weight is 269 g/mol. The Morgan fingerprint density at radius 2 is 2.00 bits per heavy atom. The SMILES string of the molecule is O=[N+]([O-])c1ccc2nc3sc4ccccc4n3c2c1. The summed E-state index contributed by atoms with van der Waals surface area (Å²) < 4.78 is 3.10. The molecule has 0 radical (unpaired) electrons. The lowest BCUT2D eigenvalue weighted by atomic mass is 10.2. The third kappa shape index (κ3) is 1.37.